The standard InChI is InChI=1S/C19H17N3O2/c1-3-24-19-16-12-20-17-7-5-4-6-15(17)18(16)21-22(19)13-8-10-14(23-2)11-9-13/h4-12H,3H2,1-2H3. The van der Waals surface area contributed by atoms with Crippen LogP contribution in [0.2, 0.25) is 0 Å². The zero-order valence-electron chi connectivity index (χ0n) is 13.6. The third-order valence-electron chi connectivity index (χ3n) is 3.97. The van der Waals surface area contributed by atoms with Gasteiger partial charge in [0.05, 0.1) is 30.3 Å². The smallest absolute Gasteiger partial charge is 0.226 e. The number of pyridine rings is 1. The van der Waals surface area contributed by atoms with Gasteiger partial charge in [-0.25, -0.2) is 0 Å². The van der Waals surface area contributed by atoms with Crippen LogP contribution in [0.5, 0.6) is 11.6 Å². The Morgan fingerprint density at radius 1 is 1.00 bits per heavy atom. The second kappa shape index (κ2) is 5.85. The SMILES string of the molecule is CCOc1c2cnc3ccccc3c2nn1-c1ccc(OC)cc1. The van der Waals surface area contributed by atoms with Gasteiger partial charge in [0.1, 0.15) is 11.3 Å². The molecule has 4 rings (SSSR count). The molecule has 0 saturated heterocycles. The van der Waals surface area contributed by atoms with E-state index in [1.165, 1.54) is 0 Å². The third kappa shape index (κ3) is 2.25. The highest BCUT2D eigenvalue weighted by Crippen LogP contribution is 2.32. The van der Waals surface area contributed by atoms with Gasteiger partial charge in [0.15, 0.2) is 0 Å². The molecule has 2 aromatic carbocycles. The number of methoxy groups -OCH3 is 1. The molecule has 5 heteroatoms. The summed E-state index contributed by atoms with van der Waals surface area (Å²) >= 11 is 0. The average molecular weight is 319 g/mol. The van der Waals surface area contributed by atoms with Crippen molar-refractivity contribution in [2.24, 2.45) is 0 Å². The maximum Gasteiger partial charge on any atom is 0.226 e. The van der Waals surface area contributed by atoms with E-state index in [2.05, 4.69) is 4.98 Å². The number of rotatable bonds is 4. The van der Waals surface area contributed by atoms with Crippen molar-refractivity contribution in [1.82, 2.24) is 14.8 Å². The summed E-state index contributed by atoms with van der Waals surface area (Å²) in [5.74, 6) is 1.51. The molecule has 0 fully saturated rings. The number of aromatic nitrogens is 3. The quantitative estimate of drug-likeness (QED) is 0.571. The van der Waals surface area contributed by atoms with E-state index >= 15 is 0 Å². The number of fused-ring (bicyclic) bond motifs is 3. The van der Waals surface area contributed by atoms with E-state index in [0.717, 1.165) is 33.2 Å². The molecule has 2 heterocycles. The molecule has 0 saturated carbocycles. The number of ether oxygens (including phenoxy) is 2. The van der Waals surface area contributed by atoms with E-state index in [-0.39, 0.29) is 0 Å². The first kappa shape index (κ1) is 14.5. The van der Waals surface area contributed by atoms with Crippen LogP contribution in [0, 0.1) is 0 Å². The van der Waals surface area contributed by atoms with Gasteiger partial charge in [-0.15, -0.1) is 0 Å². The normalized spacial score (nSPS) is 11.1. The number of hydrogen-bond donors (Lipinski definition) is 0. The zero-order valence-corrected chi connectivity index (χ0v) is 13.6. The monoisotopic (exact) mass is 319 g/mol. The zero-order chi connectivity index (χ0) is 16.5. The first-order valence-electron chi connectivity index (χ1n) is 7.85. The first-order chi connectivity index (χ1) is 11.8. The Morgan fingerprint density at radius 2 is 1.79 bits per heavy atom. The van der Waals surface area contributed by atoms with Gasteiger partial charge in [0.25, 0.3) is 0 Å². The third-order valence-corrected chi connectivity index (χ3v) is 3.97. The summed E-state index contributed by atoms with van der Waals surface area (Å²) in [6.07, 6.45) is 1.83. The number of hydrogen-bond acceptors (Lipinski definition) is 4. The van der Waals surface area contributed by atoms with Crippen molar-refractivity contribution in [3.8, 4) is 17.3 Å². The summed E-state index contributed by atoms with van der Waals surface area (Å²) in [5, 5.41) is 6.72. The molecular formula is C19H17N3O2. The van der Waals surface area contributed by atoms with Gasteiger partial charge < -0.3 is 9.47 Å². The minimum Gasteiger partial charge on any atom is -0.497 e. The highest BCUT2D eigenvalue weighted by molar-refractivity contribution is 6.05. The number of nitrogens with zero attached hydrogens (tertiary/aromatic N) is 3. The lowest BCUT2D eigenvalue weighted by Crippen LogP contribution is -2.02. The van der Waals surface area contributed by atoms with Crippen LogP contribution in [0.4, 0.5) is 0 Å². The molecule has 2 aromatic heterocycles. The van der Waals surface area contributed by atoms with Crippen LogP contribution in [0.15, 0.2) is 54.7 Å². The van der Waals surface area contributed by atoms with Crippen LogP contribution < -0.4 is 9.47 Å². The number of para-hydroxylation sites is 1. The highest BCUT2D eigenvalue weighted by atomic mass is 16.5. The fourth-order valence-corrected chi connectivity index (χ4v) is 2.82. The van der Waals surface area contributed by atoms with Gasteiger partial charge in [-0.2, -0.15) is 9.78 Å². The number of benzene rings is 2. The lowest BCUT2D eigenvalue weighted by atomic mass is 10.2. The van der Waals surface area contributed by atoms with Gasteiger partial charge in [0, 0.05) is 11.6 Å². The van der Waals surface area contributed by atoms with Crippen molar-refractivity contribution < 1.29 is 9.47 Å². The topological polar surface area (TPSA) is 49.2 Å². The molecule has 0 radical (unpaired) electrons. The van der Waals surface area contributed by atoms with E-state index < -0.39 is 0 Å². The van der Waals surface area contributed by atoms with Crippen LogP contribution in [-0.2, 0) is 0 Å². The maximum atomic E-state index is 5.88. The van der Waals surface area contributed by atoms with E-state index in [1.807, 2.05) is 66.3 Å². The van der Waals surface area contributed by atoms with Crippen molar-refractivity contribution in [1.29, 1.82) is 0 Å². The molecule has 24 heavy (non-hydrogen) atoms. The Labute approximate surface area is 139 Å². The molecule has 0 aliphatic rings. The molecule has 120 valence electrons. The Morgan fingerprint density at radius 3 is 2.54 bits per heavy atom. The highest BCUT2D eigenvalue weighted by Gasteiger charge is 2.16. The van der Waals surface area contributed by atoms with E-state index in [1.54, 1.807) is 7.11 Å². The molecule has 4 aromatic rings. The minimum atomic E-state index is 0.559. The lowest BCUT2D eigenvalue weighted by Gasteiger charge is -2.08. The summed E-state index contributed by atoms with van der Waals surface area (Å²) in [6, 6.07) is 15.7. The summed E-state index contributed by atoms with van der Waals surface area (Å²) in [4.78, 5) is 4.53. The predicted octanol–water partition coefficient (Wildman–Crippen LogP) is 3.98. The summed E-state index contributed by atoms with van der Waals surface area (Å²) in [6.45, 7) is 2.52. The van der Waals surface area contributed by atoms with Gasteiger partial charge in [-0.05, 0) is 37.3 Å². The molecule has 0 aliphatic heterocycles. The second-order valence-corrected chi connectivity index (χ2v) is 5.39. The molecule has 0 unspecified atom stereocenters. The maximum absolute atomic E-state index is 5.88. The molecule has 0 spiro atoms. The molecular weight excluding hydrogens is 302 g/mol. The summed E-state index contributed by atoms with van der Waals surface area (Å²) < 4.78 is 12.9. The fraction of sp³-hybridized carbons (Fsp3) is 0.158. The van der Waals surface area contributed by atoms with Crippen LogP contribution in [0.3, 0.4) is 0 Å². The Kier molecular flexibility index (Phi) is 3.54. The van der Waals surface area contributed by atoms with E-state index in [4.69, 9.17) is 14.6 Å². The predicted molar refractivity (Wildman–Crippen MR) is 94.1 cm³/mol. The van der Waals surface area contributed by atoms with Gasteiger partial charge in [-0.3, -0.25) is 4.98 Å². The second-order valence-electron chi connectivity index (χ2n) is 5.39. The lowest BCUT2D eigenvalue weighted by molar-refractivity contribution is 0.320. The summed E-state index contributed by atoms with van der Waals surface area (Å²) in [5.41, 5.74) is 2.73. The van der Waals surface area contributed by atoms with Crippen molar-refractivity contribution in [3.05, 3.63) is 54.7 Å². The molecule has 5 nitrogen and oxygen atoms in total. The molecule has 0 atom stereocenters. The first-order valence-corrected chi connectivity index (χ1v) is 7.85. The van der Waals surface area contributed by atoms with Gasteiger partial charge in [-0.1, -0.05) is 18.2 Å². The molecule has 0 aliphatic carbocycles. The molecule has 0 N–H and O–H groups in total. The largest absolute Gasteiger partial charge is 0.497 e. The van der Waals surface area contributed by atoms with Crippen molar-refractivity contribution >= 4 is 21.8 Å². The molecule has 0 amide bonds. The Bertz CT molecular complexity index is 1010. The minimum absolute atomic E-state index is 0.559. The Balaban J connectivity index is 1.99. The van der Waals surface area contributed by atoms with E-state index in [0.29, 0.717) is 12.5 Å². The summed E-state index contributed by atoms with van der Waals surface area (Å²) in [7, 11) is 1.65. The fourth-order valence-electron chi connectivity index (χ4n) is 2.82. The van der Waals surface area contributed by atoms with Crippen molar-refractivity contribution in [3.63, 3.8) is 0 Å². The van der Waals surface area contributed by atoms with Crippen molar-refractivity contribution in [2.45, 2.75) is 6.92 Å². The van der Waals surface area contributed by atoms with Gasteiger partial charge in [0.2, 0.25) is 5.88 Å². The van der Waals surface area contributed by atoms with E-state index in [9.17, 15) is 0 Å². The van der Waals surface area contributed by atoms with Crippen LogP contribution in [-0.4, -0.2) is 28.5 Å². The van der Waals surface area contributed by atoms with Crippen molar-refractivity contribution in [2.75, 3.05) is 13.7 Å². The van der Waals surface area contributed by atoms with Crippen LogP contribution >= 0.6 is 0 Å². The Hall–Kier alpha value is -3.08. The average Bonchev–Trinajstić information content (AvgIpc) is 3.01. The molecule has 0 bridgehead atoms. The van der Waals surface area contributed by atoms with Crippen LogP contribution in [0.1, 0.15) is 6.92 Å². The van der Waals surface area contributed by atoms with Gasteiger partial charge >= 0.3 is 0 Å². The van der Waals surface area contributed by atoms with Crippen LogP contribution in [0.25, 0.3) is 27.5 Å².